The van der Waals surface area contributed by atoms with Crippen LogP contribution in [0.25, 0.3) is 0 Å². The maximum absolute atomic E-state index is 7.48. The number of rotatable bonds is 3. The average molecular weight is 250 g/mol. The van der Waals surface area contributed by atoms with Crippen molar-refractivity contribution in [3.05, 3.63) is 35.0 Å². The monoisotopic (exact) mass is 250 g/mol. The van der Waals surface area contributed by atoms with E-state index >= 15 is 0 Å². The Morgan fingerprint density at radius 3 is 2.94 bits per heavy atom. The predicted molar refractivity (Wildman–Crippen MR) is 66.2 cm³/mol. The highest BCUT2D eigenvalue weighted by Crippen LogP contribution is 2.30. The maximum atomic E-state index is 7.48. The molecule has 0 atom stereocenters. The van der Waals surface area contributed by atoms with E-state index in [4.69, 9.17) is 11.1 Å². The van der Waals surface area contributed by atoms with Gasteiger partial charge < -0.3 is 5.73 Å². The lowest BCUT2D eigenvalue weighted by Gasteiger charge is -2.05. The van der Waals surface area contributed by atoms with Crippen LogP contribution in [0.15, 0.2) is 33.1 Å². The molecule has 3 N–H and O–H groups in total. The van der Waals surface area contributed by atoms with Crippen molar-refractivity contribution >= 4 is 28.9 Å². The standard InChI is InChI=1S/C10H10N4S2/c1-6-2-3-7(8(11)12)9(14-6)16-10-13-4-5-15-10/h2-5H,1H3,(H3,11,12). The summed E-state index contributed by atoms with van der Waals surface area (Å²) in [5.74, 6) is 0.0338. The molecule has 0 radical (unpaired) electrons. The molecule has 0 spiro atoms. The Morgan fingerprint density at radius 1 is 1.50 bits per heavy atom. The highest BCUT2D eigenvalue weighted by atomic mass is 32.2. The van der Waals surface area contributed by atoms with E-state index < -0.39 is 0 Å². The van der Waals surface area contributed by atoms with Crippen LogP contribution in [-0.2, 0) is 0 Å². The zero-order valence-electron chi connectivity index (χ0n) is 8.60. The largest absolute Gasteiger partial charge is 0.384 e. The van der Waals surface area contributed by atoms with Crippen LogP contribution in [0.1, 0.15) is 11.3 Å². The molecule has 2 rings (SSSR count). The van der Waals surface area contributed by atoms with Crippen LogP contribution in [0.2, 0.25) is 0 Å². The van der Waals surface area contributed by atoms with E-state index in [2.05, 4.69) is 9.97 Å². The molecule has 0 aliphatic rings. The molecule has 0 aromatic carbocycles. The van der Waals surface area contributed by atoms with Gasteiger partial charge in [-0.3, -0.25) is 5.41 Å². The number of nitrogen functional groups attached to an aromatic ring is 1. The Bertz CT molecular complexity index is 508. The molecule has 0 saturated carbocycles. The van der Waals surface area contributed by atoms with Crippen LogP contribution < -0.4 is 5.73 Å². The van der Waals surface area contributed by atoms with Gasteiger partial charge in [0.2, 0.25) is 0 Å². The summed E-state index contributed by atoms with van der Waals surface area (Å²) >= 11 is 2.98. The molecule has 0 unspecified atom stereocenters. The molecule has 0 aliphatic heterocycles. The second-order valence-corrected chi connectivity index (χ2v) is 5.25. The van der Waals surface area contributed by atoms with Crippen molar-refractivity contribution in [2.45, 2.75) is 16.3 Å². The van der Waals surface area contributed by atoms with E-state index in [0.717, 1.165) is 15.1 Å². The van der Waals surface area contributed by atoms with Gasteiger partial charge in [-0.25, -0.2) is 9.97 Å². The molecule has 2 aromatic heterocycles. The summed E-state index contributed by atoms with van der Waals surface area (Å²) in [6.07, 6.45) is 1.75. The molecular weight excluding hydrogens is 240 g/mol. The molecule has 0 bridgehead atoms. The molecule has 2 heterocycles. The number of nitrogens with zero attached hydrogens (tertiary/aromatic N) is 2. The predicted octanol–water partition coefficient (Wildman–Crippen LogP) is 2.28. The Hall–Kier alpha value is -1.40. The van der Waals surface area contributed by atoms with Crippen LogP contribution in [0.5, 0.6) is 0 Å². The fourth-order valence-corrected chi connectivity index (χ4v) is 2.87. The lowest BCUT2D eigenvalue weighted by Crippen LogP contribution is -2.13. The molecule has 82 valence electrons. The van der Waals surface area contributed by atoms with Crippen molar-refractivity contribution < 1.29 is 0 Å². The van der Waals surface area contributed by atoms with Gasteiger partial charge in [-0.15, -0.1) is 11.3 Å². The highest BCUT2D eigenvalue weighted by Gasteiger charge is 2.10. The molecule has 0 aliphatic carbocycles. The van der Waals surface area contributed by atoms with Gasteiger partial charge in [0.1, 0.15) is 10.9 Å². The first-order valence-corrected chi connectivity index (χ1v) is 6.26. The lowest BCUT2D eigenvalue weighted by molar-refractivity contribution is 1.05. The first kappa shape index (κ1) is 11.1. The number of aromatic nitrogens is 2. The van der Waals surface area contributed by atoms with Gasteiger partial charge in [0.05, 0.1) is 0 Å². The Labute approximate surface area is 101 Å². The van der Waals surface area contributed by atoms with Crippen LogP contribution in [0, 0.1) is 12.3 Å². The summed E-state index contributed by atoms with van der Waals surface area (Å²) in [6, 6.07) is 3.67. The van der Waals surface area contributed by atoms with Gasteiger partial charge >= 0.3 is 0 Å². The molecule has 2 aromatic rings. The van der Waals surface area contributed by atoms with Gasteiger partial charge in [0.15, 0.2) is 4.34 Å². The van der Waals surface area contributed by atoms with Crippen LogP contribution in [0.3, 0.4) is 0 Å². The molecular formula is C10H10N4S2. The van der Waals surface area contributed by atoms with E-state index in [1.807, 2.05) is 24.4 Å². The van der Waals surface area contributed by atoms with Gasteiger partial charge in [-0.1, -0.05) is 0 Å². The van der Waals surface area contributed by atoms with E-state index in [1.165, 1.54) is 11.8 Å². The number of thiazole rings is 1. The minimum atomic E-state index is 0.0338. The van der Waals surface area contributed by atoms with Gasteiger partial charge in [0.25, 0.3) is 0 Å². The van der Waals surface area contributed by atoms with E-state index in [0.29, 0.717) is 5.56 Å². The molecule has 6 heteroatoms. The number of nitrogens with one attached hydrogen (secondary N) is 1. The van der Waals surface area contributed by atoms with Crippen molar-refractivity contribution in [2.24, 2.45) is 5.73 Å². The van der Waals surface area contributed by atoms with Crippen LogP contribution in [-0.4, -0.2) is 15.8 Å². The van der Waals surface area contributed by atoms with Crippen molar-refractivity contribution in [1.29, 1.82) is 5.41 Å². The second kappa shape index (κ2) is 4.63. The first-order chi connectivity index (χ1) is 7.66. The van der Waals surface area contributed by atoms with Gasteiger partial charge in [0, 0.05) is 22.8 Å². The third-order valence-electron chi connectivity index (χ3n) is 1.88. The topological polar surface area (TPSA) is 75.7 Å². The molecule has 0 amide bonds. The lowest BCUT2D eigenvalue weighted by atomic mass is 10.2. The van der Waals surface area contributed by atoms with Crippen molar-refractivity contribution in [3.63, 3.8) is 0 Å². The summed E-state index contributed by atoms with van der Waals surface area (Å²) < 4.78 is 0.903. The maximum Gasteiger partial charge on any atom is 0.156 e. The Kier molecular flexibility index (Phi) is 3.21. The van der Waals surface area contributed by atoms with Gasteiger partial charge in [-0.2, -0.15) is 0 Å². The highest BCUT2D eigenvalue weighted by molar-refractivity contribution is 8.01. The third kappa shape index (κ3) is 2.40. The van der Waals surface area contributed by atoms with E-state index in [9.17, 15) is 0 Å². The van der Waals surface area contributed by atoms with E-state index in [-0.39, 0.29) is 5.84 Å². The van der Waals surface area contributed by atoms with Crippen LogP contribution >= 0.6 is 23.1 Å². The molecule has 16 heavy (non-hydrogen) atoms. The molecule has 0 saturated heterocycles. The minimum Gasteiger partial charge on any atom is -0.384 e. The first-order valence-electron chi connectivity index (χ1n) is 4.56. The fourth-order valence-electron chi connectivity index (χ4n) is 1.16. The number of nitrogens with two attached hydrogens (primary N) is 1. The number of pyridine rings is 1. The zero-order valence-corrected chi connectivity index (χ0v) is 10.2. The number of aryl methyl sites for hydroxylation is 1. The Morgan fingerprint density at radius 2 is 2.31 bits per heavy atom. The summed E-state index contributed by atoms with van der Waals surface area (Å²) in [4.78, 5) is 8.55. The zero-order chi connectivity index (χ0) is 11.5. The van der Waals surface area contributed by atoms with E-state index in [1.54, 1.807) is 17.5 Å². The fraction of sp³-hybridized carbons (Fsp3) is 0.100. The Balaban J connectivity index is 2.38. The number of amidine groups is 1. The molecule has 0 fully saturated rings. The van der Waals surface area contributed by atoms with Crippen LogP contribution in [0.4, 0.5) is 0 Å². The number of hydrogen-bond acceptors (Lipinski definition) is 5. The van der Waals surface area contributed by atoms with Crippen molar-refractivity contribution in [2.75, 3.05) is 0 Å². The summed E-state index contributed by atoms with van der Waals surface area (Å²) in [5, 5.41) is 10.1. The molecule has 4 nitrogen and oxygen atoms in total. The number of hydrogen-bond donors (Lipinski definition) is 2. The van der Waals surface area contributed by atoms with Crippen molar-refractivity contribution in [1.82, 2.24) is 9.97 Å². The third-order valence-corrected chi connectivity index (χ3v) is 3.77. The summed E-state index contributed by atoms with van der Waals surface area (Å²) in [6.45, 7) is 1.91. The quantitative estimate of drug-likeness (QED) is 0.647. The minimum absolute atomic E-state index is 0.0338. The second-order valence-electron chi connectivity index (χ2n) is 3.12. The summed E-state index contributed by atoms with van der Waals surface area (Å²) in [5.41, 5.74) is 7.07. The van der Waals surface area contributed by atoms with Crippen molar-refractivity contribution in [3.8, 4) is 0 Å². The SMILES string of the molecule is Cc1ccc(C(=N)N)c(Sc2nccs2)n1. The smallest absolute Gasteiger partial charge is 0.156 e. The normalized spacial score (nSPS) is 10.3. The summed E-state index contributed by atoms with van der Waals surface area (Å²) in [7, 11) is 0. The van der Waals surface area contributed by atoms with Gasteiger partial charge in [-0.05, 0) is 30.8 Å². The average Bonchev–Trinajstić information content (AvgIpc) is 2.70.